The lowest BCUT2D eigenvalue weighted by atomic mass is 10.1. The second kappa shape index (κ2) is 5.67. The molecule has 0 spiro atoms. The van der Waals surface area contributed by atoms with E-state index in [0.717, 1.165) is 31.0 Å². The van der Waals surface area contributed by atoms with Crippen LogP contribution in [0.1, 0.15) is 17.1 Å². The quantitative estimate of drug-likeness (QED) is 0.874. The molecule has 1 aromatic heterocycles. The second-order valence-electron chi connectivity index (χ2n) is 4.40. The van der Waals surface area contributed by atoms with Gasteiger partial charge in [-0.3, -0.25) is 0 Å². The van der Waals surface area contributed by atoms with Crippen LogP contribution in [0, 0.1) is 5.82 Å². The van der Waals surface area contributed by atoms with E-state index >= 15 is 0 Å². The van der Waals surface area contributed by atoms with Crippen molar-refractivity contribution in [1.82, 2.24) is 15.3 Å². The number of nitrogens with zero attached hydrogens (tertiary/aromatic N) is 2. The van der Waals surface area contributed by atoms with Gasteiger partial charge in [-0.15, -0.1) is 11.8 Å². The Morgan fingerprint density at radius 1 is 1.32 bits per heavy atom. The average Bonchev–Trinajstić information content (AvgIpc) is 2.46. The molecule has 0 bridgehead atoms. The van der Waals surface area contributed by atoms with E-state index in [9.17, 15) is 4.39 Å². The van der Waals surface area contributed by atoms with Crippen LogP contribution in [-0.4, -0.2) is 16.5 Å². The Morgan fingerprint density at radius 2 is 2.21 bits per heavy atom. The molecule has 5 heteroatoms. The first-order valence-corrected chi connectivity index (χ1v) is 7.23. The lowest BCUT2D eigenvalue weighted by Crippen LogP contribution is -2.25. The van der Waals surface area contributed by atoms with Crippen molar-refractivity contribution < 1.29 is 4.39 Å². The summed E-state index contributed by atoms with van der Waals surface area (Å²) in [5.74, 6) is 1.19. The lowest BCUT2D eigenvalue weighted by Gasteiger charge is -2.15. The van der Waals surface area contributed by atoms with Gasteiger partial charge >= 0.3 is 0 Å². The molecular weight excluding hydrogens is 261 g/mol. The Balaban J connectivity index is 1.72. The summed E-state index contributed by atoms with van der Waals surface area (Å²) < 4.78 is 13.5. The highest BCUT2D eigenvalue weighted by molar-refractivity contribution is 7.98. The molecule has 0 aliphatic carbocycles. The molecule has 0 atom stereocenters. The SMILES string of the molecule is Fc1ccccc1SCc1ncc2c(n1)CCNC2. The Kier molecular flexibility index (Phi) is 3.75. The van der Waals surface area contributed by atoms with Crippen molar-refractivity contribution in [2.45, 2.75) is 23.6 Å². The summed E-state index contributed by atoms with van der Waals surface area (Å²) in [7, 11) is 0. The Labute approximate surface area is 115 Å². The number of rotatable bonds is 3. The third-order valence-corrected chi connectivity index (χ3v) is 4.10. The summed E-state index contributed by atoms with van der Waals surface area (Å²) in [6.07, 6.45) is 2.82. The smallest absolute Gasteiger partial charge is 0.138 e. The number of hydrogen-bond donors (Lipinski definition) is 1. The number of halogens is 1. The molecule has 19 heavy (non-hydrogen) atoms. The zero-order chi connectivity index (χ0) is 13.1. The van der Waals surface area contributed by atoms with Crippen LogP contribution in [0.15, 0.2) is 35.4 Å². The number of thioether (sulfide) groups is 1. The first-order chi connectivity index (χ1) is 9.33. The van der Waals surface area contributed by atoms with Crippen LogP contribution >= 0.6 is 11.8 Å². The first kappa shape index (κ1) is 12.6. The van der Waals surface area contributed by atoms with Gasteiger partial charge in [-0.05, 0) is 12.1 Å². The molecule has 1 aliphatic rings. The summed E-state index contributed by atoms with van der Waals surface area (Å²) in [5.41, 5.74) is 2.30. The van der Waals surface area contributed by atoms with Gasteiger partial charge in [0.05, 0.1) is 5.75 Å². The van der Waals surface area contributed by atoms with Gasteiger partial charge in [-0.2, -0.15) is 0 Å². The van der Waals surface area contributed by atoms with Crippen LogP contribution in [0.4, 0.5) is 4.39 Å². The molecule has 1 aromatic carbocycles. The summed E-state index contributed by atoms with van der Waals surface area (Å²) >= 11 is 1.44. The molecule has 2 aromatic rings. The zero-order valence-electron chi connectivity index (χ0n) is 10.4. The molecule has 1 N–H and O–H groups in total. The monoisotopic (exact) mass is 275 g/mol. The topological polar surface area (TPSA) is 37.8 Å². The summed E-state index contributed by atoms with van der Waals surface area (Å²) in [6, 6.07) is 6.79. The molecule has 3 nitrogen and oxygen atoms in total. The highest BCUT2D eigenvalue weighted by atomic mass is 32.2. The van der Waals surface area contributed by atoms with Crippen molar-refractivity contribution in [3.8, 4) is 0 Å². The van der Waals surface area contributed by atoms with Crippen LogP contribution in [0.3, 0.4) is 0 Å². The van der Waals surface area contributed by atoms with E-state index in [1.807, 2.05) is 12.3 Å². The van der Waals surface area contributed by atoms with Crippen LogP contribution in [-0.2, 0) is 18.7 Å². The predicted octanol–water partition coefficient (Wildman–Crippen LogP) is 2.55. The van der Waals surface area contributed by atoms with E-state index < -0.39 is 0 Å². The van der Waals surface area contributed by atoms with E-state index in [2.05, 4.69) is 15.3 Å². The predicted molar refractivity (Wildman–Crippen MR) is 73.4 cm³/mol. The number of benzene rings is 1. The molecule has 0 amide bonds. The first-order valence-electron chi connectivity index (χ1n) is 6.24. The Morgan fingerprint density at radius 3 is 3.11 bits per heavy atom. The molecule has 0 fully saturated rings. The van der Waals surface area contributed by atoms with E-state index in [0.29, 0.717) is 10.6 Å². The third kappa shape index (κ3) is 2.93. The molecule has 3 rings (SSSR count). The summed E-state index contributed by atoms with van der Waals surface area (Å²) in [4.78, 5) is 9.55. The third-order valence-electron chi connectivity index (χ3n) is 3.05. The largest absolute Gasteiger partial charge is 0.312 e. The molecule has 0 radical (unpaired) electrons. The maximum absolute atomic E-state index is 13.5. The van der Waals surface area contributed by atoms with E-state index in [1.165, 1.54) is 23.4 Å². The highest BCUT2D eigenvalue weighted by Gasteiger charge is 2.12. The molecule has 0 saturated carbocycles. The average molecular weight is 275 g/mol. The normalized spacial score (nSPS) is 14.2. The molecule has 1 aliphatic heterocycles. The van der Waals surface area contributed by atoms with Gasteiger partial charge in [0.15, 0.2) is 0 Å². The maximum Gasteiger partial charge on any atom is 0.138 e. The molecule has 0 saturated heterocycles. The zero-order valence-corrected chi connectivity index (χ0v) is 11.2. The number of aromatic nitrogens is 2. The number of hydrogen-bond acceptors (Lipinski definition) is 4. The van der Waals surface area contributed by atoms with Crippen molar-refractivity contribution >= 4 is 11.8 Å². The summed E-state index contributed by atoms with van der Waals surface area (Å²) in [5, 5.41) is 3.29. The summed E-state index contributed by atoms with van der Waals surface area (Å²) in [6.45, 7) is 1.81. The lowest BCUT2D eigenvalue weighted by molar-refractivity contribution is 0.602. The standard InChI is InChI=1S/C14H14FN3S/c15-11-3-1-2-4-13(11)19-9-14-17-8-10-7-16-6-5-12(10)18-14/h1-4,8,16H,5-7,9H2. The van der Waals surface area contributed by atoms with Gasteiger partial charge < -0.3 is 5.32 Å². The fourth-order valence-electron chi connectivity index (χ4n) is 2.05. The Hall–Kier alpha value is -1.46. The molecular formula is C14H14FN3S. The van der Waals surface area contributed by atoms with Crippen molar-refractivity contribution in [3.63, 3.8) is 0 Å². The van der Waals surface area contributed by atoms with Crippen molar-refractivity contribution in [1.29, 1.82) is 0 Å². The van der Waals surface area contributed by atoms with Crippen molar-refractivity contribution in [2.24, 2.45) is 0 Å². The minimum atomic E-state index is -0.185. The Bertz CT molecular complexity index is 589. The second-order valence-corrected chi connectivity index (χ2v) is 5.42. The number of fused-ring (bicyclic) bond motifs is 1. The van der Waals surface area contributed by atoms with E-state index in [-0.39, 0.29) is 5.82 Å². The van der Waals surface area contributed by atoms with Crippen LogP contribution in [0.25, 0.3) is 0 Å². The van der Waals surface area contributed by atoms with Gasteiger partial charge in [0.1, 0.15) is 11.6 Å². The highest BCUT2D eigenvalue weighted by Crippen LogP contribution is 2.24. The van der Waals surface area contributed by atoms with Crippen LogP contribution in [0.5, 0.6) is 0 Å². The molecule has 98 valence electrons. The maximum atomic E-state index is 13.5. The van der Waals surface area contributed by atoms with Crippen molar-refractivity contribution in [2.75, 3.05) is 6.54 Å². The number of nitrogens with one attached hydrogen (secondary N) is 1. The molecule has 2 heterocycles. The van der Waals surface area contributed by atoms with Crippen LogP contribution < -0.4 is 5.32 Å². The fourth-order valence-corrected chi connectivity index (χ4v) is 2.86. The van der Waals surface area contributed by atoms with Crippen molar-refractivity contribution in [3.05, 3.63) is 53.4 Å². The minimum Gasteiger partial charge on any atom is -0.312 e. The van der Waals surface area contributed by atoms with Crippen LogP contribution in [0.2, 0.25) is 0 Å². The molecule has 0 unspecified atom stereocenters. The fraction of sp³-hybridized carbons (Fsp3) is 0.286. The van der Waals surface area contributed by atoms with Gasteiger partial charge in [0.2, 0.25) is 0 Å². The van der Waals surface area contributed by atoms with Gasteiger partial charge in [-0.1, -0.05) is 12.1 Å². The van der Waals surface area contributed by atoms with Gasteiger partial charge in [-0.25, -0.2) is 14.4 Å². The minimum absolute atomic E-state index is 0.185. The van der Waals surface area contributed by atoms with Gasteiger partial charge in [0.25, 0.3) is 0 Å². The van der Waals surface area contributed by atoms with E-state index in [1.54, 1.807) is 12.1 Å². The van der Waals surface area contributed by atoms with E-state index in [4.69, 9.17) is 0 Å². The van der Waals surface area contributed by atoms with Gasteiger partial charge in [0, 0.05) is 41.9 Å².